The Bertz CT molecular complexity index is 828. The third kappa shape index (κ3) is 4.70. The highest BCUT2D eigenvalue weighted by Crippen LogP contribution is 2.29. The number of nitrogens with zero attached hydrogens (tertiary/aromatic N) is 1. The van der Waals surface area contributed by atoms with Gasteiger partial charge in [0.05, 0.1) is 6.04 Å². The van der Waals surface area contributed by atoms with Crippen LogP contribution in [0.15, 0.2) is 96.0 Å². The Morgan fingerprint density at radius 3 is 1.77 bits per heavy atom. The van der Waals surface area contributed by atoms with Gasteiger partial charge in [0.1, 0.15) is 0 Å². The predicted molar refractivity (Wildman–Crippen MR) is 112 cm³/mol. The van der Waals surface area contributed by atoms with Crippen molar-refractivity contribution in [3.8, 4) is 0 Å². The molecular formula is C25H27N. The fourth-order valence-corrected chi connectivity index (χ4v) is 3.20. The van der Waals surface area contributed by atoms with Gasteiger partial charge in [-0.3, -0.25) is 4.99 Å². The standard InChI is InChI=1S/C25H27N/c1-25(2,3)24(22-17-11-6-12-18-22)26-23(21-15-9-5-10-16-21)19-20-13-7-4-8-14-20/h4-18,23H,19H2,1-3H3/t23-/m1/s1. The maximum absolute atomic E-state index is 5.30. The molecule has 0 radical (unpaired) electrons. The van der Waals surface area contributed by atoms with Gasteiger partial charge in [-0.1, -0.05) is 112 Å². The Morgan fingerprint density at radius 2 is 1.23 bits per heavy atom. The summed E-state index contributed by atoms with van der Waals surface area (Å²) in [4.78, 5) is 5.30. The molecular weight excluding hydrogens is 314 g/mol. The highest BCUT2D eigenvalue weighted by atomic mass is 14.8. The molecule has 3 aromatic carbocycles. The van der Waals surface area contributed by atoms with Gasteiger partial charge < -0.3 is 0 Å². The smallest absolute Gasteiger partial charge is 0.0793 e. The maximum atomic E-state index is 5.30. The summed E-state index contributed by atoms with van der Waals surface area (Å²) < 4.78 is 0. The van der Waals surface area contributed by atoms with Gasteiger partial charge in [-0.15, -0.1) is 0 Å². The molecule has 0 aromatic heterocycles. The molecule has 3 aromatic rings. The first-order valence-electron chi connectivity index (χ1n) is 9.26. The van der Waals surface area contributed by atoms with E-state index in [1.807, 2.05) is 0 Å². The summed E-state index contributed by atoms with van der Waals surface area (Å²) in [7, 11) is 0. The van der Waals surface area contributed by atoms with E-state index in [-0.39, 0.29) is 11.5 Å². The largest absolute Gasteiger partial charge is 0.280 e. The molecule has 26 heavy (non-hydrogen) atoms. The Balaban J connectivity index is 2.06. The molecule has 132 valence electrons. The third-order valence-electron chi connectivity index (χ3n) is 4.50. The zero-order valence-corrected chi connectivity index (χ0v) is 15.9. The first kappa shape index (κ1) is 18.1. The van der Waals surface area contributed by atoms with Crippen LogP contribution in [0.25, 0.3) is 0 Å². The Labute approximate surface area is 157 Å². The Kier molecular flexibility index (Phi) is 5.68. The lowest BCUT2D eigenvalue weighted by Crippen LogP contribution is -2.23. The Morgan fingerprint density at radius 1 is 0.731 bits per heavy atom. The van der Waals surface area contributed by atoms with Gasteiger partial charge in [-0.25, -0.2) is 0 Å². The average Bonchev–Trinajstić information content (AvgIpc) is 2.66. The molecule has 0 aliphatic carbocycles. The minimum atomic E-state index is -0.0227. The first-order valence-corrected chi connectivity index (χ1v) is 9.26. The monoisotopic (exact) mass is 341 g/mol. The topological polar surface area (TPSA) is 12.4 Å². The molecule has 0 saturated heterocycles. The van der Waals surface area contributed by atoms with Crippen molar-refractivity contribution in [3.05, 3.63) is 108 Å². The van der Waals surface area contributed by atoms with E-state index in [9.17, 15) is 0 Å². The van der Waals surface area contributed by atoms with Gasteiger partial charge in [0, 0.05) is 11.1 Å². The van der Waals surface area contributed by atoms with Crippen molar-refractivity contribution >= 4 is 5.71 Å². The van der Waals surface area contributed by atoms with Gasteiger partial charge >= 0.3 is 0 Å². The quantitative estimate of drug-likeness (QED) is 0.469. The van der Waals surface area contributed by atoms with E-state index < -0.39 is 0 Å². The van der Waals surface area contributed by atoms with Crippen LogP contribution >= 0.6 is 0 Å². The second kappa shape index (κ2) is 8.14. The van der Waals surface area contributed by atoms with Crippen molar-refractivity contribution in [2.75, 3.05) is 0 Å². The van der Waals surface area contributed by atoms with Crippen molar-refractivity contribution in [2.45, 2.75) is 33.2 Å². The summed E-state index contributed by atoms with van der Waals surface area (Å²) in [6.07, 6.45) is 0.900. The zero-order valence-electron chi connectivity index (χ0n) is 15.9. The van der Waals surface area contributed by atoms with Gasteiger partial charge in [0.25, 0.3) is 0 Å². The van der Waals surface area contributed by atoms with Crippen molar-refractivity contribution in [3.63, 3.8) is 0 Å². The number of rotatable bonds is 5. The van der Waals surface area contributed by atoms with Crippen LogP contribution in [0.4, 0.5) is 0 Å². The number of benzene rings is 3. The molecule has 0 unspecified atom stereocenters. The van der Waals surface area contributed by atoms with E-state index in [1.165, 1.54) is 16.7 Å². The minimum absolute atomic E-state index is 0.0227. The van der Waals surface area contributed by atoms with Gasteiger partial charge in [0.15, 0.2) is 0 Å². The molecule has 0 heterocycles. The lowest BCUT2D eigenvalue weighted by molar-refractivity contribution is 0.578. The van der Waals surface area contributed by atoms with Crippen molar-refractivity contribution in [2.24, 2.45) is 10.4 Å². The van der Waals surface area contributed by atoms with E-state index in [4.69, 9.17) is 4.99 Å². The third-order valence-corrected chi connectivity index (χ3v) is 4.50. The molecule has 0 fully saturated rings. The van der Waals surface area contributed by atoms with Crippen molar-refractivity contribution < 1.29 is 0 Å². The molecule has 3 rings (SSSR count). The van der Waals surface area contributed by atoms with Gasteiger partial charge in [0.2, 0.25) is 0 Å². The number of hydrogen-bond acceptors (Lipinski definition) is 1. The van der Waals surface area contributed by atoms with E-state index in [0.717, 1.165) is 12.1 Å². The summed E-state index contributed by atoms with van der Waals surface area (Å²) in [5.74, 6) is 0. The minimum Gasteiger partial charge on any atom is -0.280 e. The number of aliphatic imine (C=N–C) groups is 1. The molecule has 0 amide bonds. The van der Waals surface area contributed by atoms with Crippen LogP contribution in [-0.4, -0.2) is 5.71 Å². The molecule has 0 aliphatic rings. The second-order valence-electron chi connectivity index (χ2n) is 7.71. The molecule has 0 aliphatic heterocycles. The summed E-state index contributed by atoms with van der Waals surface area (Å²) in [6.45, 7) is 6.72. The van der Waals surface area contributed by atoms with Crippen molar-refractivity contribution in [1.29, 1.82) is 0 Å². The molecule has 0 N–H and O–H groups in total. The maximum Gasteiger partial charge on any atom is 0.0793 e. The van der Waals surface area contributed by atoms with Crippen LogP contribution in [0.2, 0.25) is 0 Å². The van der Waals surface area contributed by atoms with Gasteiger partial charge in [-0.2, -0.15) is 0 Å². The van der Waals surface area contributed by atoms with E-state index in [2.05, 4.69) is 112 Å². The zero-order chi connectivity index (χ0) is 18.4. The predicted octanol–water partition coefficient (Wildman–Crippen LogP) is 6.51. The average molecular weight is 341 g/mol. The lowest BCUT2D eigenvalue weighted by atomic mass is 9.85. The Hall–Kier alpha value is -2.67. The molecule has 0 saturated carbocycles. The van der Waals surface area contributed by atoms with E-state index >= 15 is 0 Å². The van der Waals surface area contributed by atoms with E-state index in [0.29, 0.717) is 0 Å². The van der Waals surface area contributed by atoms with Crippen LogP contribution < -0.4 is 0 Å². The highest BCUT2D eigenvalue weighted by Gasteiger charge is 2.23. The summed E-state index contributed by atoms with van der Waals surface area (Å²) in [6, 6.07) is 31.9. The highest BCUT2D eigenvalue weighted by molar-refractivity contribution is 6.04. The van der Waals surface area contributed by atoms with Crippen LogP contribution in [-0.2, 0) is 6.42 Å². The summed E-state index contributed by atoms with van der Waals surface area (Å²) in [5.41, 5.74) is 4.91. The second-order valence-corrected chi connectivity index (χ2v) is 7.71. The molecule has 1 nitrogen and oxygen atoms in total. The first-order chi connectivity index (χ1) is 12.5. The molecule has 1 atom stereocenters. The fraction of sp³-hybridized carbons (Fsp3) is 0.240. The van der Waals surface area contributed by atoms with Crippen LogP contribution in [0.3, 0.4) is 0 Å². The van der Waals surface area contributed by atoms with Crippen molar-refractivity contribution in [1.82, 2.24) is 0 Å². The van der Waals surface area contributed by atoms with Crippen LogP contribution in [0.1, 0.15) is 43.5 Å². The van der Waals surface area contributed by atoms with Gasteiger partial charge in [-0.05, 0) is 23.1 Å². The van der Waals surface area contributed by atoms with E-state index in [1.54, 1.807) is 0 Å². The molecule has 0 bridgehead atoms. The lowest BCUT2D eigenvalue weighted by Gasteiger charge is -2.25. The summed E-state index contributed by atoms with van der Waals surface area (Å²) in [5, 5.41) is 0. The summed E-state index contributed by atoms with van der Waals surface area (Å²) >= 11 is 0. The fourth-order valence-electron chi connectivity index (χ4n) is 3.20. The normalized spacial score (nSPS) is 13.4. The molecule has 0 spiro atoms. The van der Waals surface area contributed by atoms with Crippen LogP contribution in [0, 0.1) is 5.41 Å². The SMILES string of the molecule is CC(C)(C)C(=N[C@H](Cc1ccccc1)c1ccccc1)c1ccccc1. The van der Waals surface area contributed by atoms with Crippen LogP contribution in [0.5, 0.6) is 0 Å². The molecule has 1 heteroatoms. The number of hydrogen-bond donors (Lipinski definition) is 0.